The smallest absolute Gasteiger partial charge is 0.313 e. The Morgan fingerprint density at radius 3 is 2.04 bits per heavy atom. The molecule has 2 atom stereocenters. The summed E-state index contributed by atoms with van der Waals surface area (Å²) in [6, 6.07) is 5.43. The quantitative estimate of drug-likeness (QED) is 0.122. The van der Waals surface area contributed by atoms with E-state index in [9.17, 15) is 41.8 Å². The number of benzene rings is 2. The van der Waals surface area contributed by atoms with Crippen molar-refractivity contribution < 1.29 is 51.3 Å². The molecule has 1 saturated carbocycles. The van der Waals surface area contributed by atoms with Crippen molar-refractivity contribution in [3.05, 3.63) is 59.2 Å². The van der Waals surface area contributed by atoms with Gasteiger partial charge in [-0.25, -0.2) is 8.78 Å². The highest BCUT2D eigenvalue weighted by atomic mass is 19.2. The minimum atomic E-state index is -1.81. The first-order chi connectivity index (χ1) is 22.3. The molecule has 14 heteroatoms. The summed E-state index contributed by atoms with van der Waals surface area (Å²) in [7, 11) is 0. The zero-order valence-corrected chi connectivity index (χ0v) is 27.8. The summed E-state index contributed by atoms with van der Waals surface area (Å²) in [5, 5.41) is 18.7. The molecular formula is C34H43F4N3O7. The summed E-state index contributed by atoms with van der Waals surface area (Å²) >= 11 is 0. The number of hydrogen-bond donors (Lipinski definition) is 4. The zero-order chi connectivity index (χ0) is 36.0. The SMILES string of the molecule is CC(C)(C)OC(=O)C[C@H](NC(=O)[C@H]1CC[C@H](NC(=O)C(=O)Nc2ccccc2C(C)(C)C)CC1)C(O)COc1c(F)c(F)cc(F)c1F. The van der Waals surface area contributed by atoms with Gasteiger partial charge in [0.25, 0.3) is 0 Å². The highest BCUT2D eigenvalue weighted by Crippen LogP contribution is 2.30. The van der Waals surface area contributed by atoms with E-state index >= 15 is 0 Å². The third-order valence-corrected chi connectivity index (χ3v) is 7.69. The Morgan fingerprint density at radius 1 is 0.896 bits per heavy atom. The Balaban J connectivity index is 1.60. The predicted octanol–water partition coefficient (Wildman–Crippen LogP) is 4.81. The lowest BCUT2D eigenvalue weighted by atomic mass is 9.85. The minimum Gasteiger partial charge on any atom is -0.485 e. The third kappa shape index (κ3) is 10.7. The van der Waals surface area contributed by atoms with E-state index in [4.69, 9.17) is 9.47 Å². The van der Waals surface area contributed by atoms with Crippen LogP contribution in [0.25, 0.3) is 0 Å². The lowest BCUT2D eigenvalue weighted by Crippen LogP contribution is -2.50. The fraction of sp³-hybridized carbons (Fsp3) is 0.529. The number of aliphatic hydroxyl groups excluding tert-OH is 1. The summed E-state index contributed by atoms with van der Waals surface area (Å²) < 4.78 is 65.5. The summed E-state index contributed by atoms with van der Waals surface area (Å²) in [6.45, 7) is 9.83. The molecule has 4 N–H and O–H groups in total. The third-order valence-electron chi connectivity index (χ3n) is 7.69. The Morgan fingerprint density at radius 2 is 1.48 bits per heavy atom. The van der Waals surface area contributed by atoms with Crippen LogP contribution in [-0.4, -0.2) is 59.2 Å². The van der Waals surface area contributed by atoms with Crippen molar-refractivity contribution in [3.8, 4) is 5.75 Å². The molecule has 0 saturated heterocycles. The number of anilines is 1. The van der Waals surface area contributed by atoms with Crippen LogP contribution in [0, 0.1) is 29.2 Å². The van der Waals surface area contributed by atoms with Crippen molar-refractivity contribution in [1.29, 1.82) is 0 Å². The molecule has 2 aromatic carbocycles. The van der Waals surface area contributed by atoms with E-state index in [1.54, 1.807) is 32.9 Å². The highest BCUT2D eigenvalue weighted by Gasteiger charge is 2.34. The van der Waals surface area contributed by atoms with E-state index in [0.717, 1.165) is 5.56 Å². The minimum absolute atomic E-state index is 0.00167. The van der Waals surface area contributed by atoms with Gasteiger partial charge in [-0.2, -0.15) is 8.78 Å². The van der Waals surface area contributed by atoms with Crippen molar-refractivity contribution in [2.24, 2.45) is 5.92 Å². The first-order valence-corrected chi connectivity index (χ1v) is 15.6. The molecule has 0 aromatic heterocycles. The van der Waals surface area contributed by atoms with Gasteiger partial charge in [0.15, 0.2) is 17.4 Å². The van der Waals surface area contributed by atoms with Crippen molar-refractivity contribution in [2.45, 2.75) is 103 Å². The average molecular weight is 682 g/mol. The molecule has 1 aliphatic rings. The number of aliphatic hydroxyl groups is 1. The molecule has 0 heterocycles. The van der Waals surface area contributed by atoms with Crippen LogP contribution in [0.1, 0.15) is 79.2 Å². The van der Waals surface area contributed by atoms with Crippen LogP contribution in [0.3, 0.4) is 0 Å². The number of carbonyl (C=O) groups excluding carboxylic acids is 4. The Hall–Kier alpha value is -4.20. The number of rotatable bonds is 10. The second-order valence-electron chi connectivity index (χ2n) is 13.9. The van der Waals surface area contributed by atoms with Crippen LogP contribution >= 0.6 is 0 Å². The first-order valence-electron chi connectivity index (χ1n) is 15.6. The number of hydrogen-bond acceptors (Lipinski definition) is 7. The number of ether oxygens (including phenoxy) is 2. The van der Waals surface area contributed by atoms with E-state index in [0.29, 0.717) is 18.5 Å². The Labute approximate surface area is 276 Å². The molecule has 264 valence electrons. The van der Waals surface area contributed by atoms with Crippen LogP contribution in [0.15, 0.2) is 30.3 Å². The van der Waals surface area contributed by atoms with Gasteiger partial charge in [0, 0.05) is 23.7 Å². The van der Waals surface area contributed by atoms with Crippen molar-refractivity contribution in [3.63, 3.8) is 0 Å². The molecule has 0 spiro atoms. The number of amides is 3. The standard InChI is InChI=1S/C34H43F4N3O7/c1-33(2,3)20-9-7-8-10-23(20)40-32(46)31(45)39-19-13-11-18(12-14-19)30(44)41-24(16-26(43)48-34(4,5)6)25(42)17-47-29-27(37)21(35)15-22(36)28(29)38/h7-10,15,18-19,24-25,42H,11-14,16-17H2,1-6H3,(H,39,45)(H,40,46)(H,41,44)/t18-,19-,24-,25?/m0/s1. The number of para-hydroxylation sites is 1. The first kappa shape index (κ1) is 38.2. The van der Waals surface area contributed by atoms with Crippen molar-refractivity contribution >= 4 is 29.4 Å². The van der Waals surface area contributed by atoms with Gasteiger partial charge in [-0.1, -0.05) is 39.0 Å². The average Bonchev–Trinajstić information content (AvgIpc) is 2.98. The fourth-order valence-electron chi connectivity index (χ4n) is 5.29. The molecule has 0 radical (unpaired) electrons. The molecular weight excluding hydrogens is 638 g/mol. The lowest BCUT2D eigenvalue weighted by Gasteiger charge is -2.31. The van der Waals surface area contributed by atoms with Crippen LogP contribution < -0.4 is 20.7 Å². The summed E-state index contributed by atoms with van der Waals surface area (Å²) in [6.07, 6.45) is -1.05. The number of halogens is 4. The van der Waals surface area contributed by atoms with Gasteiger partial charge < -0.3 is 30.5 Å². The lowest BCUT2D eigenvalue weighted by molar-refractivity contribution is -0.156. The molecule has 10 nitrogen and oxygen atoms in total. The van der Waals surface area contributed by atoms with Gasteiger partial charge in [0.2, 0.25) is 17.5 Å². The van der Waals surface area contributed by atoms with E-state index in [1.165, 1.54) is 0 Å². The molecule has 1 aliphatic carbocycles. The fourth-order valence-corrected chi connectivity index (χ4v) is 5.29. The van der Waals surface area contributed by atoms with Gasteiger partial charge in [-0.05, 0) is 63.5 Å². The number of nitrogens with one attached hydrogen (secondary N) is 3. The zero-order valence-electron chi connectivity index (χ0n) is 27.8. The van der Waals surface area contributed by atoms with Crippen LogP contribution in [-0.2, 0) is 29.3 Å². The number of carbonyl (C=O) groups is 4. The summed E-state index contributed by atoms with van der Waals surface area (Å²) in [4.78, 5) is 51.1. The maximum Gasteiger partial charge on any atom is 0.313 e. The second kappa shape index (κ2) is 15.8. The van der Waals surface area contributed by atoms with Gasteiger partial charge in [-0.15, -0.1) is 0 Å². The molecule has 1 fully saturated rings. The molecule has 1 unspecified atom stereocenters. The maximum absolute atomic E-state index is 14.1. The van der Waals surface area contributed by atoms with E-state index < -0.39 is 95.4 Å². The van der Waals surface area contributed by atoms with Crippen molar-refractivity contribution in [1.82, 2.24) is 10.6 Å². The Bertz CT molecular complexity index is 1470. The highest BCUT2D eigenvalue weighted by molar-refractivity contribution is 6.39. The summed E-state index contributed by atoms with van der Waals surface area (Å²) in [5.41, 5.74) is 0.206. The summed E-state index contributed by atoms with van der Waals surface area (Å²) in [5.74, 6) is -12.1. The molecule has 2 aromatic rings. The number of esters is 1. The van der Waals surface area contributed by atoms with Gasteiger partial charge >= 0.3 is 17.8 Å². The molecule has 0 aliphatic heterocycles. The monoisotopic (exact) mass is 681 g/mol. The van der Waals surface area contributed by atoms with Crippen LogP contribution in [0.2, 0.25) is 0 Å². The molecule has 48 heavy (non-hydrogen) atoms. The van der Waals surface area contributed by atoms with E-state index in [2.05, 4.69) is 16.0 Å². The molecule has 0 bridgehead atoms. The molecule has 3 amide bonds. The maximum atomic E-state index is 14.1. The van der Waals surface area contributed by atoms with Crippen LogP contribution in [0.5, 0.6) is 5.75 Å². The van der Waals surface area contributed by atoms with Gasteiger partial charge in [0.1, 0.15) is 18.3 Å². The Kier molecular flexibility index (Phi) is 12.6. The van der Waals surface area contributed by atoms with E-state index in [-0.39, 0.29) is 24.3 Å². The van der Waals surface area contributed by atoms with Gasteiger partial charge in [-0.3, -0.25) is 19.2 Å². The molecule has 3 rings (SSSR count). The normalized spacial score (nSPS) is 17.9. The van der Waals surface area contributed by atoms with E-state index in [1.807, 2.05) is 32.9 Å². The van der Waals surface area contributed by atoms with Gasteiger partial charge in [0.05, 0.1) is 12.5 Å². The van der Waals surface area contributed by atoms with Crippen LogP contribution in [0.4, 0.5) is 23.2 Å². The predicted molar refractivity (Wildman–Crippen MR) is 168 cm³/mol. The second-order valence-corrected chi connectivity index (χ2v) is 13.9. The van der Waals surface area contributed by atoms with Crippen molar-refractivity contribution in [2.75, 3.05) is 11.9 Å². The topological polar surface area (TPSA) is 143 Å². The largest absolute Gasteiger partial charge is 0.485 e.